The number of hydrogen-bond acceptors (Lipinski definition) is 4. The number of pyridine rings is 1. The minimum absolute atomic E-state index is 0. The summed E-state index contributed by atoms with van der Waals surface area (Å²) in [5, 5.41) is -0.161. The summed E-state index contributed by atoms with van der Waals surface area (Å²) in [5.74, 6) is -0.540. The van der Waals surface area contributed by atoms with Crippen LogP contribution >= 0.6 is 11.6 Å². The number of rotatable bonds is 7. The van der Waals surface area contributed by atoms with Gasteiger partial charge >= 0.3 is 0 Å². The number of aromatic nitrogens is 1. The summed E-state index contributed by atoms with van der Waals surface area (Å²) in [7, 11) is -2.05. The fourth-order valence-corrected chi connectivity index (χ4v) is 6.27. The molecular formula is C18H29CeClFN2O2Si-. The van der Waals surface area contributed by atoms with Crippen LogP contribution in [0.5, 0.6) is 0 Å². The smallest absolute Gasteiger partial charge is 0.166 e. The van der Waals surface area contributed by atoms with Crippen LogP contribution in [0.4, 0.5) is 4.39 Å². The molecule has 146 valence electrons. The van der Waals surface area contributed by atoms with Crippen molar-refractivity contribution in [3.63, 3.8) is 0 Å². The molecule has 2 rings (SSSR count). The first kappa shape index (κ1) is 24.9. The molecule has 0 bridgehead atoms. The summed E-state index contributed by atoms with van der Waals surface area (Å²) >= 11 is 6.12. The van der Waals surface area contributed by atoms with Gasteiger partial charge in [0.15, 0.2) is 11.0 Å². The molecule has 0 amide bonds. The van der Waals surface area contributed by atoms with Gasteiger partial charge in [-0.25, -0.2) is 9.37 Å². The van der Waals surface area contributed by atoms with E-state index in [0.29, 0.717) is 17.9 Å². The summed E-state index contributed by atoms with van der Waals surface area (Å²) < 4.78 is 27.0. The Kier molecular flexibility index (Phi) is 9.15. The van der Waals surface area contributed by atoms with Crippen molar-refractivity contribution in [3.8, 4) is 0 Å². The maximum Gasteiger partial charge on any atom is 0.166 e. The van der Waals surface area contributed by atoms with E-state index in [1.807, 2.05) is 13.8 Å². The molecule has 1 saturated heterocycles. The SMILES string of the molecule is CC[CH-][Si](C)(C)OC(C)(C)c1cc(C2(CN)CCCO2)nc(Cl)c1F.[Ce]. The van der Waals surface area contributed by atoms with Crippen LogP contribution in [0.2, 0.25) is 18.2 Å². The third-order valence-electron chi connectivity index (χ3n) is 4.68. The second-order valence-electron chi connectivity index (χ2n) is 7.64. The summed E-state index contributed by atoms with van der Waals surface area (Å²) in [4.78, 5) is 4.24. The third kappa shape index (κ3) is 5.46. The van der Waals surface area contributed by atoms with E-state index in [-0.39, 0.29) is 53.4 Å². The van der Waals surface area contributed by atoms with Gasteiger partial charge in [-0.05, 0) is 32.8 Å². The zero-order valence-corrected chi connectivity index (χ0v) is 21.2. The van der Waals surface area contributed by atoms with Gasteiger partial charge in [0.25, 0.3) is 0 Å². The van der Waals surface area contributed by atoms with E-state index in [2.05, 4.69) is 31.0 Å². The summed E-state index contributed by atoms with van der Waals surface area (Å²) in [6.45, 7) is 10.9. The van der Waals surface area contributed by atoms with E-state index in [4.69, 9.17) is 26.5 Å². The maximum absolute atomic E-state index is 14.8. The van der Waals surface area contributed by atoms with Gasteiger partial charge < -0.3 is 20.9 Å². The first-order chi connectivity index (χ1) is 11.6. The van der Waals surface area contributed by atoms with Gasteiger partial charge in [-0.1, -0.05) is 31.6 Å². The second-order valence-corrected chi connectivity index (χ2v) is 11.8. The molecule has 0 aromatic carbocycles. The van der Waals surface area contributed by atoms with Crippen molar-refractivity contribution in [2.24, 2.45) is 5.73 Å². The van der Waals surface area contributed by atoms with Crippen LogP contribution in [-0.2, 0) is 20.4 Å². The van der Waals surface area contributed by atoms with Crippen LogP contribution in [-0.4, -0.2) is 26.5 Å². The first-order valence-corrected chi connectivity index (χ1v) is 12.2. The number of hydrogen-bond donors (Lipinski definition) is 1. The molecule has 1 aliphatic rings. The van der Waals surface area contributed by atoms with E-state index in [1.54, 1.807) is 6.07 Å². The monoisotopic (exact) mass is 527 g/mol. The number of nitrogens with two attached hydrogens (primary N) is 1. The summed E-state index contributed by atoms with van der Waals surface area (Å²) in [6, 6.07) is 3.91. The molecule has 1 atom stereocenters. The van der Waals surface area contributed by atoms with Crippen LogP contribution in [0, 0.1) is 53.6 Å². The molecule has 2 N–H and O–H groups in total. The molecule has 4 nitrogen and oxygen atoms in total. The molecule has 1 aromatic rings. The molecule has 26 heavy (non-hydrogen) atoms. The largest absolute Gasteiger partial charge is 0.440 e. The van der Waals surface area contributed by atoms with Crippen LogP contribution in [0.1, 0.15) is 51.3 Å². The zero-order valence-electron chi connectivity index (χ0n) is 16.3. The number of halogens is 2. The molecule has 1 unspecified atom stereocenters. The van der Waals surface area contributed by atoms with Crippen molar-refractivity contribution in [3.05, 3.63) is 34.3 Å². The van der Waals surface area contributed by atoms with Crippen molar-refractivity contribution in [2.45, 2.75) is 64.3 Å². The van der Waals surface area contributed by atoms with Gasteiger partial charge in [-0.3, -0.25) is 0 Å². The molecule has 8 heteroatoms. The van der Waals surface area contributed by atoms with Crippen LogP contribution in [0.3, 0.4) is 0 Å². The van der Waals surface area contributed by atoms with E-state index in [9.17, 15) is 4.39 Å². The molecule has 1 aromatic heterocycles. The van der Waals surface area contributed by atoms with E-state index < -0.39 is 25.3 Å². The Morgan fingerprint density at radius 2 is 2.15 bits per heavy atom. The minimum atomic E-state index is -2.05. The van der Waals surface area contributed by atoms with Gasteiger partial charge in [0.1, 0.15) is 5.60 Å². The average Bonchev–Trinajstić information content (AvgIpc) is 2.98. The Labute approximate surface area is 196 Å². The Bertz CT molecular complexity index is 625. The van der Waals surface area contributed by atoms with Crippen molar-refractivity contribution >= 4 is 19.9 Å². The number of nitrogens with zero attached hydrogens (tertiary/aromatic N) is 1. The van der Waals surface area contributed by atoms with Crippen molar-refractivity contribution in [1.29, 1.82) is 0 Å². The fourth-order valence-electron chi connectivity index (χ4n) is 3.58. The molecule has 0 aliphatic carbocycles. The fraction of sp³-hybridized carbons (Fsp3) is 0.667. The van der Waals surface area contributed by atoms with E-state index in [0.717, 1.165) is 19.3 Å². The minimum Gasteiger partial charge on any atom is -0.440 e. The second kappa shape index (κ2) is 9.56. The standard InChI is InChI=1S/C18H29ClFN2O2Si.Ce/c1-6-10-25(4,5)24-17(2,3)13-11-14(22-16(19)15(13)20)18(12-21)8-7-9-23-18;/h10-11H,6-9,12,21H2,1-5H3;/q-1;. The van der Waals surface area contributed by atoms with Gasteiger partial charge in [0.05, 0.1) is 11.3 Å². The normalized spacial score (nSPS) is 20.9. The third-order valence-corrected chi connectivity index (χ3v) is 7.36. The Morgan fingerprint density at radius 1 is 1.50 bits per heavy atom. The number of ether oxygens (including phenoxy) is 1. The molecule has 1 aliphatic heterocycles. The van der Waals surface area contributed by atoms with Gasteiger partial charge in [-0.2, -0.15) is 6.42 Å². The Balaban J connectivity index is 0.00000338. The topological polar surface area (TPSA) is 57.4 Å². The quantitative estimate of drug-likeness (QED) is 0.323. The van der Waals surface area contributed by atoms with Crippen LogP contribution < -0.4 is 5.73 Å². The van der Waals surface area contributed by atoms with Gasteiger partial charge in [-0.15, -0.1) is 0 Å². The Hall–Kier alpha value is 0.844. The first-order valence-electron chi connectivity index (χ1n) is 8.82. The van der Waals surface area contributed by atoms with E-state index >= 15 is 0 Å². The average molecular weight is 528 g/mol. The van der Waals surface area contributed by atoms with Gasteiger partial charge in [0.2, 0.25) is 0 Å². The molecule has 0 radical (unpaired) electrons. The van der Waals surface area contributed by atoms with Crippen LogP contribution in [0.15, 0.2) is 6.07 Å². The maximum atomic E-state index is 14.8. The van der Waals surface area contributed by atoms with E-state index in [1.165, 1.54) is 0 Å². The predicted molar refractivity (Wildman–Crippen MR) is 101 cm³/mol. The van der Waals surface area contributed by atoms with Crippen LogP contribution in [0.25, 0.3) is 0 Å². The molecule has 0 spiro atoms. The molecule has 0 saturated carbocycles. The van der Waals surface area contributed by atoms with Gasteiger partial charge in [0, 0.05) is 68.8 Å². The Morgan fingerprint density at radius 3 is 2.65 bits per heavy atom. The molecule has 2 heterocycles. The zero-order chi connectivity index (χ0) is 18.9. The van der Waals surface area contributed by atoms with Crippen molar-refractivity contribution < 1.29 is 55.3 Å². The summed E-state index contributed by atoms with van der Waals surface area (Å²) in [5.41, 5.74) is 5.42. The summed E-state index contributed by atoms with van der Waals surface area (Å²) in [6.07, 6.45) is 2.57. The van der Waals surface area contributed by atoms with Crippen molar-refractivity contribution in [1.82, 2.24) is 4.98 Å². The molecule has 1 fully saturated rings. The van der Waals surface area contributed by atoms with Crippen molar-refractivity contribution in [2.75, 3.05) is 13.2 Å². The molecular weight excluding hydrogens is 499 g/mol. The predicted octanol–water partition coefficient (Wildman–Crippen LogP) is 4.45.